The molecule has 0 aliphatic carbocycles. The zero-order valence-electron chi connectivity index (χ0n) is 14.8. The number of anilines is 1. The number of para-hydroxylation sites is 1. The van der Waals surface area contributed by atoms with Crippen LogP contribution in [-0.4, -0.2) is 40.7 Å². The number of hydrazine groups is 1. The molecule has 0 fully saturated rings. The van der Waals surface area contributed by atoms with Gasteiger partial charge in [-0.05, 0) is 17.2 Å². The second kappa shape index (κ2) is 7.78. The van der Waals surface area contributed by atoms with E-state index in [1.54, 1.807) is 48.5 Å². The minimum atomic E-state index is -1.13. The van der Waals surface area contributed by atoms with Gasteiger partial charge in [-0.15, -0.1) is 0 Å². The third-order valence-electron chi connectivity index (χ3n) is 4.47. The van der Waals surface area contributed by atoms with Crippen molar-refractivity contribution in [1.82, 2.24) is 10.3 Å². The number of carboxylic acids is 1. The van der Waals surface area contributed by atoms with Crippen molar-refractivity contribution in [3.05, 3.63) is 65.2 Å². The number of benzene rings is 2. The monoisotopic (exact) mass is 381 g/mol. The molecule has 2 aromatic rings. The lowest BCUT2D eigenvalue weighted by atomic mass is 10.0. The van der Waals surface area contributed by atoms with Gasteiger partial charge in [0.1, 0.15) is 12.4 Å². The number of carbonyl (C=O) groups is 3. The van der Waals surface area contributed by atoms with Crippen LogP contribution in [0.5, 0.6) is 0 Å². The molecule has 1 aliphatic rings. The summed E-state index contributed by atoms with van der Waals surface area (Å²) in [6.07, 6.45) is 0.466. The van der Waals surface area contributed by atoms with Gasteiger partial charge in [0.05, 0.1) is 5.69 Å². The molecule has 0 saturated heterocycles. The van der Waals surface area contributed by atoms with E-state index >= 15 is 0 Å². The van der Waals surface area contributed by atoms with Crippen LogP contribution < -0.4 is 16.2 Å². The Balaban J connectivity index is 2.13. The van der Waals surface area contributed by atoms with E-state index in [0.717, 1.165) is 0 Å². The maximum atomic E-state index is 13.3. The Hall–Kier alpha value is -3.88. The molecular formula is C19H19N5O4. The van der Waals surface area contributed by atoms with Gasteiger partial charge in [-0.1, -0.05) is 42.5 Å². The van der Waals surface area contributed by atoms with Gasteiger partial charge in [0, 0.05) is 12.1 Å². The summed E-state index contributed by atoms with van der Waals surface area (Å²) in [4.78, 5) is 37.0. The number of carboxylic acid groups (broad SMARTS) is 1. The minimum absolute atomic E-state index is 0.0976. The van der Waals surface area contributed by atoms with Gasteiger partial charge in [0.15, 0.2) is 6.04 Å². The average Bonchev–Trinajstić information content (AvgIpc) is 2.77. The smallest absolute Gasteiger partial charge is 0.323 e. The summed E-state index contributed by atoms with van der Waals surface area (Å²) in [5.74, 6) is -1.71. The van der Waals surface area contributed by atoms with Crippen molar-refractivity contribution < 1.29 is 19.5 Å². The highest BCUT2D eigenvalue weighted by molar-refractivity contribution is 5.95. The molecule has 0 aromatic heterocycles. The molecule has 0 bridgehead atoms. The average molecular weight is 381 g/mol. The second-order valence-corrected chi connectivity index (χ2v) is 6.27. The van der Waals surface area contributed by atoms with Crippen LogP contribution in [0.25, 0.3) is 0 Å². The number of fused-ring (bicyclic) bond motifs is 1. The zero-order chi connectivity index (χ0) is 20.3. The zero-order valence-corrected chi connectivity index (χ0v) is 14.8. The van der Waals surface area contributed by atoms with Crippen LogP contribution in [0.3, 0.4) is 0 Å². The minimum Gasteiger partial charge on any atom is -0.480 e. The number of nitrogen functional groups attached to an aromatic ring is 1. The van der Waals surface area contributed by atoms with Crippen LogP contribution in [0.4, 0.5) is 5.69 Å². The number of nitrogens with one attached hydrogen (secondary N) is 2. The van der Waals surface area contributed by atoms with Crippen molar-refractivity contribution in [3.63, 3.8) is 0 Å². The molecule has 3 rings (SSSR count). The van der Waals surface area contributed by atoms with Crippen LogP contribution in [-0.2, 0) is 20.9 Å². The maximum Gasteiger partial charge on any atom is 0.323 e. The van der Waals surface area contributed by atoms with E-state index in [2.05, 4.69) is 5.43 Å². The number of aliphatic carboxylic acids is 1. The highest BCUT2D eigenvalue weighted by Gasteiger charge is 2.37. The SMILES string of the molecule is N=C(N)c1ccc(C2C(=O)N(CC(=O)O)Cc3ccccc3N2NC=O)cc1. The third-order valence-corrected chi connectivity index (χ3v) is 4.47. The van der Waals surface area contributed by atoms with Crippen molar-refractivity contribution in [2.24, 2.45) is 5.73 Å². The summed E-state index contributed by atoms with van der Waals surface area (Å²) in [5.41, 5.74) is 10.4. The molecule has 9 nitrogen and oxygen atoms in total. The Bertz CT molecular complexity index is 928. The number of amides is 2. The third kappa shape index (κ3) is 3.63. The lowest BCUT2D eigenvalue weighted by Gasteiger charge is -2.31. The van der Waals surface area contributed by atoms with Crippen LogP contribution in [0, 0.1) is 5.41 Å². The quantitative estimate of drug-likeness (QED) is 0.328. The predicted molar refractivity (Wildman–Crippen MR) is 101 cm³/mol. The van der Waals surface area contributed by atoms with Gasteiger partial charge in [-0.25, -0.2) is 0 Å². The number of rotatable bonds is 6. The highest BCUT2D eigenvalue weighted by Crippen LogP contribution is 2.34. The number of carbonyl (C=O) groups excluding carboxylic acids is 2. The fourth-order valence-electron chi connectivity index (χ4n) is 3.22. The van der Waals surface area contributed by atoms with Crippen molar-refractivity contribution in [2.45, 2.75) is 12.6 Å². The van der Waals surface area contributed by atoms with E-state index in [-0.39, 0.29) is 12.4 Å². The number of hydrogen-bond acceptors (Lipinski definition) is 5. The highest BCUT2D eigenvalue weighted by atomic mass is 16.4. The van der Waals surface area contributed by atoms with Crippen molar-refractivity contribution >= 4 is 29.8 Å². The summed E-state index contributed by atoms with van der Waals surface area (Å²) in [5, 5.41) is 18.2. The molecule has 0 saturated carbocycles. The maximum absolute atomic E-state index is 13.3. The number of amidine groups is 1. The fraction of sp³-hybridized carbons (Fsp3) is 0.158. The van der Waals surface area contributed by atoms with E-state index in [0.29, 0.717) is 28.8 Å². The van der Waals surface area contributed by atoms with Crippen molar-refractivity contribution in [3.8, 4) is 0 Å². The van der Waals surface area contributed by atoms with E-state index in [1.807, 2.05) is 0 Å². The molecule has 5 N–H and O–H groups in total. The first-order valence-corrected chi connectivity index (χ1v) is 8.44. The molecule has 1 unspecified atom stereocenters. The van der Waals surface area contributed by atoms with Crippen LogP contribution >= 0.6 is 0 Å². The number of hydrogen-bond donors (Lipinski definition) is 4. The Kier molecular flexibility index (Phi) is 5.25. The van der Waals surface area contributed by atoms with E-state index in [1.165, 1.54) is 9.91 Å². The van der Waals surface area contributed by atoms with Crippen LogP contribution in [0.1, 0.15) is 22.7 Å². The largest absolute Gasteiger partial charge is 0.480 e. The summed E-state index contributed by atoms with van der Waals surface area (Å²) in [7, 11) is 0. The van der Waals surface area contributed by atoms with Crippen LogP contribution in [0.2, 0.25) is 0 Å². The fourth-order valence-corrected chi connectivity index (χ4v) is 3.22. The molecule has 1 heterocycles. The molecule has 2 amide bonds. The Morgan fingerprint density at radius 1 is 1.25 bits per heavy atom. The predicted octanol–water partition coefficient (Wildman–Crippen LogP) is 0.606. The lowest BCUT2D eigenvalue weighted by Crippen LogP contribution is -2.47. The van der Waals surface area contributed by atoms with Crippen molar-refractivity contribution in [2.75, 3.05) is 11.6 Å². The molecule has 2 aromatic carbocycles. The van der Waals surface area contributed by atoms with Gasteiger partial charge in [-0.2, -0.15) is 0 Å². The van der Waals surface area contributed by atoms with Gasteiger partial charge in [-0.3, -0.25) is 30.2 Å². The Morgan fingerprint density at radius 2 is 1.93 bits per heavy atom. The van der Waals surface area contributed by atoms with Gasteiger partial charge in [0.2, 0.25) is 6.41 Å². The molecule has 144 valence electrons. The summed E-state index contributed by atoms with van der Waals surface area (Å²) >= 11 is 0. The number of nitrogens with zero attached hydrogens (tertiary/aromatic N) is 2. The molecule has 1 atom stereocenters. The molecule has 9 heteroatoms. The molecule has 1 aliphatic heterocycles. The number of nitrogens with two attached hydrogens (primary N) is 1. The molecule has 0 spiro atoms. The first-order valence-electron chi connectivity index (χ1n) is 8.44. The van der Waals surface area contributed by atoms with Crippen molar-refractivity contribution in [1.29, 1.82) is 5.41 Å². The van der Waals surface area contributed by atoms with E-state index < -0.39 is 24.5 Å². The molecular weight excluding hydrogens is 362 g/mol. The lowest BCUT2D eigenvalue weighted by molar-refractivity contribution is -0.145. The molecule has 28 heavy (non-hydrogen) atoms. The normalized spacial score (nSPS) is 16.1. The topological polar surface area (TPSA) is 140 Å². The Labute approximate surface area is 160 Å². The molecule has 0 radical (unpaired) electrons. The Morgan fingerprint density at radius 3 is 2.54 bits per heavy atom. The first-order chi connectivity index (χ1) is 13.4. The van der Waals surface area contributed by atoms with E-state index in [9.17, 15) is 19.5 Å². The summed E-state index contributed by atoms with van der Waals surface area (Å²) in [6.45, 7) is -0.371. The van der Waals surface area contributed by atoms with Gasteiger partial charge >= 0.3 is 5.97 Å². The van der Waals surface area contributed by atoms with Gasteiger partial charge < -0.3 is 15.7 Å². The standard InChI is InChI=1S/C19H19N5O4/c20-18(21)13-7-5-12(6-8-13)17-19(28)23(10-16(26)27)9-14-3-1-2-4-15(14)24(17)22-11-25/h1-8,11,17H,9-10H2,(H3,20,21)(H,22,25)(H,26,27). The summed E-state index contributed by atoms with van der Waals surface area (Å²) in [6, 6.07) is 12.6. The van der Waals surface area contributed by atoms with Crippen LogP contribution in [0.15, 0.2) is 48.5 Å². The second-order valence-electron chi connectivity index (χ2n) is 6.27. The first kappa shape index (κ1) is 18.9. The van der Waals surface area contributed by atoms with Gasteiger partial charge in [0.25, 0.3) is 5.91 Å². The van der Waals surface area contributed by atoms with E-state index in [4.69, 9.17) is 11.1 Å². The summed E-state index contributed by atoms with van der Waals surface area (Å²) < 4.78 is 0.